The largest absolute Gasteiger partial charge is 0.342 e. The van der Waals surface area contributed by atoms with E-state index >= 15 is 0 Å². The molecule has 1 amide bonds. The summed E-state index contributed by atoms with van der Waals surface area (Å²) in [6, 6.07) is 10.3. The van der Waals surface area contributed by atoms with Crippen LogP contribution in [0.15, 0.2) is 30.3 Å². The molecule has 0 saturated heterocycles. The second kappa shape index (κ2) is 5.90. The summed E-state index contributed by atoms with van der Waals surface area (Å²) in [4.78, 5) is 21.4. The van der Waals surface area contributed by atoms with Crippen molar-refractivity contribution in [1.29, 1.82) is 0 Å². The number of amides is 1. The molecule has 0 fully saturated rings. The SMILES string of the molecule is Cc1cc(C)n2nc(C(=O)NC3CCC(C)(C)c4ccccc43)nc2n1. The molecule has 0 aliphatic heterocycles. The summed E-state index contributed by atoms with van der Waals surface area (Å²) >= 11 is 0. The zero-order chi connectivity index (χ0) is 18.5. The highest BCUT2D eigenvalue weighted by Crippen LogP contribution is 2.41. The van der Waals surface area contributed by atoms with Gasteiger partial charge in [-0.2, -0.15) is 4.98 Å². The Balaban J connectivity index is 1.64. The first-order chi connectivity index (χ1) is 12.3. The number of hydrogen-bond acceptors (Lipinski definition) is 4. The zero-order valence-corrected chi connectivity index (χ0v) is 15.6. The number of fused-ring (bicyclic) bond motifs is 2. The van der Waals surface area contributed by atoms with E-state index in [2.05, 4.69) is 52.4 Å². The van der Waals surface area contributed by atoms with Crippen molar-refractivity contribution in [3.8, 4) is 0 Å². The van der Waals surface area contributed by atoms with Crippen molar-refractivity contribution in [2.75, 3.05) is 0 Å². The minimum Gasteiger partial charge on any atom is -0.342 e. The van der Waals surface area contributed by atoms with Crippen molar-refractivity contribution in [2.24, 2.45) is 0 Å². The van der Waals surface area contributed by atoms with Crippen molar-refractivity contribution < 1.29 is 4.79 Å². The van der Waals surface area contributed by atoms with E-state index in [1.807, 2.05) is 26.0 Å². The van der Waals surface area contributed by atoms with E-state index in [-0.39, 0.29) is 23.2 Å². The van der Waals surface area contributed by atoms with Crippen molar-refractivity contribution in [3.05, 3.63) is 58.7 Å². The Hall–Kier alpha value is -2.76. The highest BCUT2D eigenvalue weighted by atomic mass is 16.2. The van der Waals surface area contributed by atoms with Gasteiger partial charge in [-0.05, 0) is 49.3 Å². The number of carbonyl (C=O) groups excluding carboxylic acids is 1. The molecule has 26 heavy (non-hydrogen) atoms. The molecular weight excluding hydrogens is 326 g/mol. The molecule has 1 unspecified atom stereocenters. The molecular formula is C20H23N5O. The third kappa shape index (κ3) is 2.75. The van der Waals surface area contributed by atoms with E-state index in [0.29, 0.717) is 5.78 Å². The number of aromatic nitrogens is 4. The average Bonchev–Trinajstić information content (AvgIpc) is 3.02. The molecule has 1 aliphatic rings. The average molecular weight is 349 g/mol. The van der Waals surface area contributed by atoms with Crippen LogP contribution in [0.3, 0.4) is 0 Å². The van der Waals surface area contributed by atoms with Gasteiger partial charge in [0.15, 0.2) is 0 Å². The van der Waals surface area contributed by atoms with E-state index in [1.165, 1.54) is 11.1 Å². The van der Waals surface area contributed by atoms with Crippen LogP contribution in [0.5, 0.6) is 0 Å². The van der Waals surface area contributed by atoms with E-state index in [4.69, 9.17) is 0 Å². The monoisotopic (exact) mass is 349 g/mol. The smallest absolute Gasteiger partial charge is 0.291 e. The summed E-state index contributed by atoms with van der Waals surface area (Å²) in [6.45, 7) is 8.34. The van der Waals surface area contributed by atoms with E-state index in [0.717, 1.165) is 24.2 Å². The molecule has 1 N–H and O–H groups in total. The van der Waals surface area contributed by atoms with Gasteiger partial charge in [0.2, 0.25) is 5.82 Å². The molecule has 134 valence electrons. The summed E-state index contributed by atoms with van der Waals surface area (Å²) < 4.78 is 1.61. The number of hydrogen-bond donors (Lipinski definition) is 1. The Bertz CT molecular complexity index is 1000. The molecule has 0 bridgehead atoms. The molecule has 1 aliphatic carbocycles. The third-order valence-corrected chi connectivity index (χ3v) is 5.25. The molecule has 1 aromatic carbocycles. The fourth-order valence-electron chi connectivity index (χ4n) is 3.85. The zero-order valence-electron chi connectivity index (χ0n) is 15.6. The minimum absolute atomic E-state index is 0.0193. The standard InChI is InChI=1S/C20H23N5O/c1-12-11-13(2)25-19(21-12)23-17(24-25)18(26)22-16-9-10-20(3,4)15-8-6-5-7-14(15)16/h5-8,11,16H,9-10H2,1-4H3,(H,22,26). The van der Waals surface area contributed by atoms with Crippen LogP contribution in [0.4, 0.5) is 0 Å². The Morgan fingerprint density at radius 3 is 2.81 bits per heavy atom. The van der Waals surface area contributed by atoms with Crippen LogP contribution < -0.4 is 5.32 Å². The van der Waals surface area contributed by atoms with Crippen LogP contribution in [0, 0.1) is 13.8 Å². The highest BCUT2D eigenvalue weighted by Gasteiger charge is 2.33. The van der Waals surface area contributed by atoms with Crippen LogP contribution in [0.1, 0.15) is 65.9 Å². The molecule has 2 aromatic heterocycles. The maximum atomic E-state index is 12.8. The van der Waals surface area contributed by atoms with Crippen LogP contribution in [0.2, 0.25) is 0 Å². The number of nitrogens with one attached hydrogen (secondary N) is 1. The molecule has 6 nitrogen and oxygen atoms in total. The minimum atomic E-state index is -0.257. The second-order valence-corrected chi connectivity index (χ2v) is 7.72. The summed E-state index contributed by atoms with van der Waals surface area (Å²) in [6.07, 6.45) is 1.92. The van der Waals surface area contributed by atoms with Gasteiger partial charge in [0.25, 0.3) is 11.7 Å². The summed E-state index contributed by atoms with van der Waals surface area (Å²) in [5.41, 5.74) is 4.37. The van der Waals surface area contributed by atoms with Gasteiger partial charge in [-0.25, -0.2) is 9.50 Å². The van der Waals surface area contributed by atoms with E-state index < -0.39 is 0 Å². The van der Waals surface area contributed by atoms with Crippen LogP contribution in [-0.4, -0.2) is 25.5 Å². The number of aryl methyl sites for hydroxylation is 2. The van der Waals surface area contributed by atoms with Crippen molar-refractivity contribution in [2.45, 2.75) is 52.0 Å². The Labute approximate surface area is 152 Å². The van der Waals surface area contributed by atoms with Crippen molar-refractivity contribution in [3.63, 3.8) is 0 Å². The number of nitrogens with zero attached hydrogens (tertiary/aromatic N) is 4. The van der Waals surface area contributed by atoms with Gasteiger partial charge in [-0.15, -0.1) is 5.10 Å². The first kappa shape index (κ1) is 16.7. The molecule has 1 atom stereocenters. The fourth-order valence-corrected chi connectivity index (χ4v) is 3.85. The van der Waals surface area contributed by atoms with Gasteiger partial charge in [-0.3, -0.25) is 4.79 Å². The molecule has 6 heteroatoms. The Morgan fingerprint density at radius 2 is 2.00 bits per heavy atom. The van der Waals surface area contributed by atoms with Gasteiger partial charge in [0, 0.05) is 11.4 Å². The lowest BCUT2D eigenvalue weighted by Crippen LogP contribution is -2.36. The lowest BCUT2D eigenvalue weighted by Gasteiger charge is -2.37. The lowest BCUT2D eigenvalue weighted by atomic mass is 9.71. The van der Waals surface area contributed by atoms with Crippen LogP contribution >= 0.6 is 0 Å². The maximum Gasteiger partial charge on any atom is 0.291 e. The number of benzene rings is 1. The molecule has 0 spiro atoms. The van der Waals surface area contributed by atoms with Gasteiger partial charge < -0.3 is 5.32 Å². The quantitative estimate of drug-likeness (QED) is 0.770. The first-order valence-corrected chi connectivity index (χ1v) is 8.96. The predicted octanol–water partition coefficient (Wildman–Crippen LogP) is 3.28. The highest BCUT2D eigenvalue weighted by molar-refractivity contribution is 5.91. The molecule has 4 rings (SSSR count). The predicted molar refractivity (Wildman–Crippen MR) is 99.2 cm³/mol. The lowest BCUT2D eigenvalue weighted by molar-refractivity contribution is 0.0919. The van der Waals surface area contributed by atoms with E-state index in [1.54, 1.807) is 4.52 Å². The fraction of sp³-hybridized carbons (Fsp3) is 0.400. The number of rotatable bonds is 2. The van der Waals surface area contributed by atoms with E-state index in [9.17, 15) is 4.79 Å². The van der Waals surface area contributed by atoms with Crippen LogP contribution in [0.25, 0.3) is 5.78 Å². The van der Waals surface area contributed by atoms with Gasteiger partial charge in [0.05, 0.1) is 6.04 Å². The normalized spacial score (nSPS) is 18.5. The van der Waals surface area contributed by atoms with Crippen molar-refractivity contribution in [1.82, 2.24) is 24.9 Å². The third-order valence-electron chi connectivity index (χ3n) is 5.25. The number of carbonyl (C=O) groups is 1. The molecule has 3 aromatic rings. The summed E-state index contributed by atoms with van der Waals surface area (Å²) in [7, 11) is 0. The van der Waals surface area contributed by atoms with Crippen molar-refractivity contribution >= 4 is 11.7 Å². The molecule has 0 saturated carbocycles. The van der Waals surface area contributed by atoms with Gasteiger partial charge in [0.1, 0.15) is 0 Å². The van der Waals surface area contributed by atoms with Crippen LogP contribution in [-0.2, 0) is 5.41 Å². The maximum absolute atomic E-state index is 12.8. The first-order valence-electron chi connectivity index (χ1n) is 8.96. The molecule has 2 heterocycles. The van der Waals surface area contributed by atoms with Gasteiger partial charge >= 0.3 is 0 Å². The Morgan fingerprint density at radius 1 is 1.23 bits per heavy atom. The summed E-state index contributed by atoms with van der Waals surface area (Å²) in [5.74, 6) is 0.360. The molecule has 0 radical (unpaired) electrons. The Kier molecular flexibility index (Phi) is 3.79. The summed E-state index contributed by atoms with van der Waals surface area (Å²) in [5, 5.41) is 7.45. The van der Waals surface area contributed by atoms with Gasteiger partial charge in [-0.1, -0.05) is 38.1 Å². The topological polar surface area (TPSA) is 72.2 Å². The second-order valence-electron chi connectivity index (χ2n) is 7.72.